The third-order valence-electron chi connectivity index (χ3n) is 8.56. The smallest absolute Gasteiger partial charge is 0.137 e. The maximum Gasteiger partial charge on any atom is 0.137 e. The second-order valence-electron chi connectivity index (χ2n) is 14.3. The molecule has 0 aliphatic carbocycles. The summed E-state index contributed by atoms with van der Waals surface area (Å²) >= 11 is 3.54. The Morgan fingerprint density at radius 2 is 0.939 bits per heavy atom. The molecule has 0 amide bonds. The number of anilines is 3. The first-order valence-electron chi connectivity index (χ1n) is 16.6. The van der Waals surface area contributed by atoms with Crippen LogP contribution in [-0.2, 0) is 10.8 Å². The average molecular weight is 712 g/mol. The Bertz CT molecular complexity index is 2340. The molecular weight excluding hydrogens is 668 g/mol. The van der Waals surface area contributed by atoms with Gasteiger partial charge in [-0.3, -0.25) is 0 Å². The molecule has 0 bridgehead atoms. The van der Waals surface area contributed by atoms with E-state index in [0.29, 0.717) is 0 Å². The Hall–Kier alpha value is -5.00. The van der Waals surface area contributed by atoms with Gasteiger partial charge in [-0.2, -0.15) is 0 Å². The number of hydrogen-bond donors (Lipinski definition) is 2. The van der Waals surface area contributed by atoms with Crippen LogP contribution in [0.4, 0.5) is 17.1 Å². The molecule has 0 saturated carbocycles. The summed E-state index contributed by atoms with van der Waals surface area (Å²) in [6.07, 6.45) is 0. The van der Waals surface area contributed by atoms with Crippen LogP contribution in [-0.4, -0.2) is 0 Å². The van der Waals surface area contributed by atoms with Crippen molar-refractivity contribution in [2.24, 2.45) is 0 Å². The van der Waals surface area contributed by atoms with Crippen LogP contribution in [0.15, 0.2) is 147 Å². The van der Waals surface area contributed by atoms with E-state index in [2.05, 4.69) is 117 Å². The minimum absolute atomic E-state index is 0.166. The normalized spacial score (nSPS) is 11.7. The van der Waals surface area contributed by atoms with Crippen molar-refractivity contribution >= 4 is 76.9 Å². The van der Waals surface area contributed by atoms with Gasteiger partial charge in [-0.25, -0.2) is 0 Å². The highest BCUT2D eigenvalue weighted by Crippen LogP contribution is 2.36. The van der Waals surface area contributed by atoms with Gasteiger partial charge in [0.25, 0.3) is 0 Å². The van der Waals surface area contributed by atoms with Crippen LogP contribution in [0.5, 0.6) is 0 Å². The van der Waals surface area contributed by atoms with Gasteiger partial charge in [-0.05, 0) is 82.6 Å². The highest BCUT2D eigenvalue weighted by molar-refractivity contribution is 9.10. The van der Waals surface area contributed by atoms with Gasteiger partial charge in [-0.1, -0.05) is 130 Å². The molecule has 0 spiro atoms. The molecule has 2 heterocycles. The van der Waals surface area contributed by atoms with Crippen molar-refractivity contribution in [1.29, 1.82) is 0 Å². The molecular formula is C44H43BrN2O2. The molecule has 0 aliphatic rings. The maximum absolute atomic E-state index is 5.95. The van der Waals surface area contributed by atoms with Gasteiger partial charge in [0, 0.05) is 32.0 Å². The predicted molar refractivity (Wildman–Crippen MR) is 213 cm³/mol. The first-order valence-corrected chi connectivity index (χ1v) is 17.4. The second-order valence-corrected chi connectivity index (χ2v) is 15.2. The van der Waals surface area contributed by atoms with E-state index in [1.165, 1.54) is 11.1 Å². The Kier molecular flexibility index (Phi) is 9.58. The molecule has 2 aromatic heterocycles. The molecule has 8 rings (SSSR count). The number of nitrogens with two attached hydrogens (primary N) is 1. The molecule has 0 atom stereocenters. The van der Waals surface area contributed by atoms with Gasteiger partial charge >= 0.3 is 0 Å². The molecule has 0 fully saturated rings. The summed E-state index contributed by atoms with van der Waals surface area (Å²) in [6.45, 7) is 13.3. The number of fused-ring (bicyclic) bond motifs is 6. The summed E-state index contributed by atoms with van der Waals surface area (Å²) in [5.41, 5.74) is 15.3. The van der Waals surface area contributed by atoms with E-state index in [9.17, 15) is 0 Å². The van der Waals surface area contributed by atoms with Gasteiger partial charge in [0.2, 0.25) is 0 Å². The Morgan fingerprint density at radius 3 is 1.49 bits per heavy atom. The fourth-order valence-electron chi connectivity index (χ4n) is 5.80. The van der Waals surface area contributed by atoms with E-state index in [1.807, 2.05) is 78.9 Å². The number of furan rings is 2. The summed E-state index contributed by atoms with van der Waals surface area (Å²) in [7, 11) is 0. The van der Waals surface area contributed by atoms with Crippen molar-refractivity contribution in [3.63, 3.8) is 0 Å². The minimum atomic E-state index is 0.166. The van der Waals surface area contributed by atoms with E-state index in [-0.39, 0.29) is 10.8 Å². The van der Waals surface area contributed by atoms with Crippen LogP contribution in [0.3, 0.4) is 0 Å². The first kappa shape index (κ1) is 33.9. The van der Waals surface area contributed by atoms with Gasteiger partial charge in [-0.15, -0.1) is 0 Å². The third-order valence-corrected chi connectivity index (χ3v) is 9.22. The van der Waals surface area contributed by atoms with Crippen molar-refractivity contribution in [3.05, 3.63) is 149 Å². The lowest BCUT2D eigenvalue weighted by Gasteiger charge is -2.19. The number of nitrogens with one attached hydrogen (secondary N) is 1. The molecule has 5 heteroatoms. The predicted octanol–water partition coefficient (Wildman–Crippen LogP) is 13.5. The molecule has 8 aromatic rings. The van der Waals surface area contributed by atoms with Crippen molar-refractivity contribution in [3.8, 4) is 0 Å². The van der Waals surface area contributed by atoms with E-state index >= 15 is 0 Å². The molecule has 3 N–H and O–H groups in total. The van der Waals surface area contributed by atoms with E-state index in [4.69, 9.17) is 14.6 Å². The highest BCUT2D eigenvalue weighted by atomic mass is 79.9. The molecule has 0 unspecified atom stereocenters. The number of para-hydroxylation sites is 2. The van der Waals surface area contributed by atoms with Crippen LogP contribution in [0.25, 0.3) is 43.9 Å². The molecule has 49 heavy (non-hydrogen) atoms. The third kappa shape index (κ3) is 7.68. The fourth-order valence-corrected chi connectivity index (χ4v) is 6.36. The van der Waals surface area contributed by atoms with E-state index in [0.717, 1.165) is 65.4 Å². The summed E-state index contributed by atoms with van der Waals surface area (Å²) in [4.78, 5) is 0. The van der Waals surface area contributed by atoms with Gasteiger partial charge in [0.1, 0.15) is 22.3 Å². The van der Waals surface area contributed by atoms with Crippen molar-refractivity contribution in [2.45, 2.75) is 52.4 Å². The van der Waals surface area contributed by atoms with Crippen LogP contribution in [0.2, 0.25) is 0 Å². The lowest BCUT2D eigenvalue weighted by atomic mass is 9.87. The average Bonchev–Trinajstić information content (AvgIpc) is 3.65. The van der Waals surface area contributed by atoms with Crippen molar-refractivity contribution in [2.75, 3.05) is 11.1 Å². The maximum atomic E-state index is 5.95. The summed E-state index contributed by atoms with van der Waals surface area (Å²) < 4.78 is 12.7. The number of nitrogen functional groups attached to an aromatic ring is 1. The quantitative estimate of drug-likeness (QED) is 0.175. The monoisotopic (exact) mass is 710 g/mol. The number of hydrogen-bond acceptors (Lipinski definition) is 4. The largest absolute Gasteiger partial charge is 0.456 e. The number of halogens is 1. The summed E-state index contributed by atoms with van der Waals surface area (Å²) in [6, 6.07) is 45.1. The van der Waals surface area contributed by atoms with Crippen LogP contribution < -0.4 is 11.1 Å². The van der Waals surface area contributed by atoms with Crippen molar-refractivity contribution < 1.29 is 8.83 Å². The molecule has 0 aliphatic heterocycles. The van der Waals surface area contributed by atoms with Gasteiger partial charge < -0.3 is 19.9 Å². The molecule has 248 valence electrons. The first-order chi connectivity index (χ1) is 23.4. The van der Waals surface area contributed by atoms with Crippen molar-refractivity contribution in [1.82, 2.24) is 0 Å². The summed E-state index contributed by atoms with van der Waals surface area (Å²) in [5.74, 6) is 0. The lowest BCUT2D eigenvalue weighted by Crippen LogP contribution is -2.10. The molecule has 4 nitrogen and oxygen atoms in total. The van der Waals surface area contributed by atoms with Gasteiger partial charge in [0.05, 0.1) is 11.1 Å². The zero-order valence-corrected chi connectivity index (χ0v) is 30.6. The zero-order valence-electron chi connectivity index (χ0n) is 29.0. The fraction of sp³-hybridized carbons (Fsp3) is 0.182. The van der Waals surface area contributed by atoms with Crippen LogP contribution in [0.1, 0.15) is 52.7 Å². The Labute approximate surface area is 297 Å². The van der Waals surface area contributed by atoms with Crippen LogP contribution in [0, 0.1) is 0 Å². The van der Waals surface area contributed by atoms with E-state index < -0.39 is 0 Å². The SMILES string of the molecule is Brc1cccc2oc3ccccc3c12.CC(C)(C)c1ccc(N)cc1.CC(C)(C)c1ccc(Nc2cccc3oc4ccccc4c23)cc1. The number of benzene rings is 6. The second kappa shape index (κ2) is 13.9. The molecule has 0 saturated heterocycles. The topological polar surface area (TPSA) is 64.3 Å². The molecule has 6 aromatic carbocycles. The zero-order chi connectivity index (χ0) is 34.8. The molecule has 0 radical (unpaired) electrons. The number of rotatable bonds is 2. The van der Waals surface area contributed by atoms with Gasteiger partial charge in [0.15, 0.2) is 0 Å². The highest BCUT2D eigenvalue weighted by Gasteiger charge is 2.15. The Morgan fingerprint density at radius 1 is 0.490 bits per heavy atom. The standard InChI is InChI=1S/C22H21NO.C12H7BrO.C10H15N/c1-22(2,3)15-11-13-16(14-12-15)23-18-8-6-10-20-21(18)17-7-4-5-9-19(17)24-20;13-9-5-3-7-11-12(9)8-4-1-2-6-10(8)14-11;1-10(2,3)8-4-6-9(11)7-5-8/h4-14,23H,1-3H3;1-7H;4-7H,11H2,1-3H3. The lowest BCUT2D eigenvalue weighted by molar-refractivity contribution is 0.590. The minimum Gasteiger partial charge on any atom is -0.456 e. The van der Waals surface area contributed by atoms with Crippen LogP contribution >= 0.6 is 15.9 Å². The Balaban J connectivity index is 0.000000141. The van der Waals surface area contributed by atoms with E-state index in [1.54, 1.807) is 0 Å². The summed E-state index contributed by atoms with van der Waals surface area (Å²) in [5, 5.41) is 8.13.